The summed E-state index contributed by atoms with van der Waals surface area (Å²) in [6.45, 7) is 8.31. The maximum atomic E-state index is 11.6. The first-order valence-corrected chi connectivity index (χ1v) is 7.31. The number of nitrogens with one attached hydrogen (secondary N) is 2. The van der Waals surface area contributed by atoms with Crippen molar-refractivity contribution in [2.75, 3.05) is 19.7 Å². The Morgan fingerprint density at radius 2 is 2.14 bits per heavy atom. The van der Waals surface area contributed by atoms with Gasteiger partial charge in [0.05, 0.1) is 6.61 Å². The topological polar surface area (TPSA) is 50.4 Å². The number of ether oxygens (including phenoxy) is 1. The molecule has 0 saturated heterocycles. The van der Waals surface area contributed by atoms with Crippen LogP contribution < -0.4 is 15.4 Å². The minimum atomic E-state index is 0. The zero-order chi connectivity index (χ0) is 14.8. The largest absolute Gasteiger partial charge is 0.494 e. The summed E-state index contributed by atoms with van der Waals surface area (Å²) in [6, 6.07) is 8.25. The zero-order valence-electron chi connectivity index (χ0n) is 13.1. The lowest BCUT2D eigenvalue weighted by atomic mass is 10.2. The minimum absolute atomic E-state index is 0. The molecule has 0 saturated carbocycles. The van der Waals surface area contributed by atoms with Gasteiger partial charge in [-0.3, -0.25) is 4.79 Å². The number of likely N-dealkylation sites (N-methyl/N-ethyl adjacent to an activating group) is 1. The van der Waals surface area contributed by atoms with Gasteiger partial charge in [0.1, 0.15) is 5.75 Å². The summed E-state index contributed by atoms with van der Waals surface area (Å²) in [7, 11) is 0. The van der Waals surface area contributed by atoms with Crippen molar-refractivity contribution in [3.8, 4) is 5.75 Å². The van der Waals surface area contributed by atoms with E-state index in [2.05, 4.69) is 24.5 Å². The van der Waals surface area contributed by atoms with Gasteiger partial charge in [0, 0.05) is 19.0 Å². The van der Waals surface area contributed by atoms with E-state index in [4.69, 9.17) is 4.74 Å². The normalized spacial score (nSPS) is 11.4. The van der Waals surface area contributed by atoms with Crippen LogP contribution in [0.3, 0.4) is 0 Å². The monoisotopic (exact) mass is 314 g/mol. The van der Waals surface area contributed by atoms with E-state index in [9.17, 15) is 4.79 Å². The molecule has 0 aromatic heterocycles. The highest BCUT2D eigenvalue weighted by Gasteiger charge is 2.04. The number of hydrogen-bond acceptors (Lipinski definition) is 3. The first kappa shape index (κ1) is 19.7. The fourth-order valence-corrected chi connectivity index (χ4v) is 1.90. The molecule has 0 spiro atoms. The second kappa shape index (κ2) is 11.4. The third-order valence-electron chi connectivity index (χ3n) is 2.96. The van der Waals surface area contributed by atoms with E-state index in [1.165, 1.54) is 5.56 Å². The fourth-order valence-electron chi connectivity index (χ4n) is 1.90. The van der Waals surface area contributed by atoms with Crippen LogP contribution in [-0.4, -0.2) is 31.6 Å². The van der Waals surface area contributed by atoms with Gasteiger partial charge >= 0.3 is 0 Å². The lowest BCUT2D eigenvalue weighted by Crippen LogP contribution is -2.38. The van der Waals surface area contributed by atoms with Gasteiger partial charge in [-0.1, -0.05) is 19.1 Å². The van der Waals surface area contributed by atoms with Crippen LogP contribution in [0.1, 0.15) is 32.3 Å². The molecule has 0 radical (unpaired) electrons. The molecule has 1 atom stereocenters. The van der Waals surface area contributed by atoms with Crippen LogP contribution in [0, 0.1) is 6.92 Å². The lowest BCUT2D eigenvalue weighted by Gasteiger charge is -2.13. The van der Waals surface area contributed by atoms with E-state index in [0.29, 0.717) is 25.6 Å². The number of carbonyl (C=O) groups excluding carboxylic acids is 1. The van der Waals surface area contributed by atoms with E-state index in [0.717, 1.165) is 18.7 Å². The van der Waals surface area contributed by atoms with Crippen molar-refractivity contribution >= 4 is 18.3 Å². The average Bonchev–Trinajstić information content (AvgIpc) is 2.42. The van der Waals surface area contributed by atoms with Crippen LogP contribution >= 0.6 is 12.4 Å². The number of halogens is 1. The number of benzene rings is 1. The van der Waals surface area contributed by atoms with E-state index in [-0.39, 0.29) is 18.3 Å². The summed E-state index contributed by atoms with van der Waals surface area (Å²) in [4.78, 5) is 11.6. The molecule has 4 nitrogen and oxygen atoms in total. The Kier molecular flexibility index (Phi) is 10.7. The van der Waals surface area contributed by atoms with Gasteiger partial charge in [-0.05, 0) is 44.5 Å². The van der Waals surface area contributed by atoms with Gasteiger partial charge in [-0.2, -0.15) is 0 Å². The Morgan fingerprint density at radius 1 is 1.38 bits per heavy atom. The summed E-state index contributed by atoms with van der Waals surface area (Å²) in [5, 5.41) is 6.17. The first-order valence-electron chi connectivity index (χ1n) is 7.31. The molecular formula is C16H27ClN2O2. The van der Waals surface area contributed by atoms with Crippen molar-refractivity contribution in [1.29, 1.82) is 0 Å². The van der Waals surface area contributed by atoms with Gasteiger partial charge in [0.2, 0.25) is 5.91 Å². The second-order valence-corrected chi connectivity index (χ2v) is 5.03. The van der Waals surface area contributed by atoms with Crippen LogP contribution in [0.15, 0.2) is 24.3 Å². The molecular weight excluding hydrogens is 288 g/mol. The third kappa shape index (κ3) is 9.32. The van der Waals surface area contributed by atoms with Crippen molar-refractivity contribution in [2.45, 2.75) is 39.7 Å². The number of rotatable bonds is 9. The van der Waals surface area contributed by atoms with E-state index >= 15 is 0 Å². The Balaban J connectivity index is 0.00000400. The molecule has 0 bridgehead atoms. The minimum Gasteiger partial charge on any atom is -0.494 e. The zero-order valence-corrected chi connectivity index (χ0v) is 14.0. The molecule has 5 heteroatoms. The average molecular weight is 315 g/mol. The van der Waals surface area contributed by atoms with E-state index in [1.54, 1.807) is 0 Å². The van der Waals surface area contributed by atoms with Gasteiger partial charge < -0.3 is 15.4 Å². The Morgan fingerprint density at radius 3 is 2.81 bits per heavy atom. The summed E-state index contributed by atoms with van der Waals surface area (Å²) in [6.07, 6.45) is 1.24. The summed E-state index contributed by atoms with van der Waals surface area (Å²) < 4.78 is 5.61. The molecule has 120 valence electrons. The van der Waals surface area contributed by atoms with Crippen LogP contribution in [0.5, 0.6) is 5.75 Å². The second-order valence-electron chi connectivity index (χ2n) is 5.03. The van der Waals surface area contributed by atoms with Crippen LogP contribution in [0.2, 0.25) is 0 Å². The number of amides is 1. The fraction of sp³-hybridized carbons (Fsp3) is 0.562. The van der Waals surface area contributed by atoms with Crippen LogP contribution in [0.25, 0.3) is 0 Å². The van der Waals surface area contributed by atoms with Gasteiger partial charge in [0.25, 0.3) is 0 Å². The standard InChI is InChI=1S/C16H26N2O2.ClH/c1-4-17-14(3)12-18-16(19)9-6-10-20-15-8-5-7-13(2)11-15;/h5,7-8,11,14,17H,4,6,9-10,12H2,1-3H3,(H,18,19);1H/t14-;/m1./s1. The molecule has 2 N–H and O–H groups in total. The molecule has 0 unspecified atom stereocenters. The Bertz CT molecular complexity index is 413. The third-order valence-corrected chi connectivity index (χ3v) is 2.96. The maximum absolute atomic E-state index is 11.6. The molecule has 0 heterocycles. The van der Waals surface area contributed by atoms with Crippen LogP contribution in [-0.2, 0) is 4.79 Å². The van der Waals surface area contributed by atoms with Crippen molar-refractivity contribution in [2.24, 2.45) is 0 Å². The molecule has 1 aromatic rings. The quantitative estimate of drug-likeness (QED) is 0.689. The van der Waals surface area contributed by atoms with Crippen molar-refractivity contribution in [3.63, 3.8) is 0 Å². The molecule has 0 fully saturated rings. The SMILES string of the molecule is CCN[C@H](C)CNC(=O)CCCOc1cccc(C)c1.Cl. The summed E-state index contributed by atoms with van der Waals surface area (Å²) in [5.74, 6) is 0.953. The predicted octanol–water partition coefficient (Wildman–Crippen LogP) is 2.69. The number of hydrogen-bond donors (Lipinski definition) is 2. The molecule has 1 aromatic carbocycles. The predicted molar refractivity (Wildman–Crippen MR) is 89.3 cm³/mol. The molecule has 1 amide bonds. The first-order chi connectivity index (χ1) is 9.61. The number of carbonyl (C=O) groups is 1. The van der Waals surface area contributed by atoms with Crippen molar-refractivity contribution in [3.05, 3.63) is 29.8 Å². The number of aryl methyl sites for hydroxylation is 1. The van der Waals surface area contributed by atoms with Gasteiger partial charge in [0.15, 0.2) is 0 Å². The Hall–Kier alpha value is -1.26. The molecule has 1 rings (SSSR count). The molecule has 21 heavy (non-hydrogen) atoms. The lowest BCUT2D eigenvalue weighted by molar-refractivity contribution is -0.121. The maximum Gasteiger partial charge on any atom is 0.220 e. The van der Waals surface area contributed by atoms with Gasteiger partial charge in [-0.25, -0.2) is 0 Å². The molecule has 0 aliphatic heterocycles. The highest BCUT2D eigenvalue weighted by atomic mass is 35.5. The van der Waals surface area contributed by atoms with Gasteiger partial charge in [-0.15, -0.1) is 12.4 Å². The van der Waals surface area contributed by atoms with E-state index < -0.39 is 0 Å². The summed E-state index contributed by atoms with van der Waals surface area (Å²) >= 11 is 0. The van der Waals surface area contributed by atoms with E-state index in [1.807, 2.05) is 31.2 Å². The summed E-state index contributed by atoms with van der Waals surface area (Å²) in [5.41, 5.74) is 1.18. The van der Waals surface area contributed by atoms with Crippen LogP contribution in [0.4, 0.5) is 0 Å². The Labute approximate surface area is 134 Å². The van der Waals surface area contributed by atoms with Crippen molar-refractivity contribution in [1.82, 2.24) is 10.6 Å². The smallest absolute Gasteiger partial charge is 0.220 e. The molecule has 0 aliphatic carbocycles. The van der Waals surface area contributed by atoms with Crippen molar-refractivity contribution < 1.29 is 9.53 Å². The highest BCUT2D eigenvalue weighted by Crippen LogP contribution is 2.12. The highest BCUT2D eigenvalue weighted by molar-refractivity contribution is 5.85. The molecule has 0 aliphatic rings.